The van der Waals surface area contributed by atoms with Gasteiger partial charge in [-0.25, -0.2) is 0 Å². The van der Waals surface area contributed by atoms with E-state index >= 15 is 0 Å². The summed E-state index contributed by atoms with van der Waals surface area (Å²) in [5, 5.41) is 0. The molecule has 2 aromatic rings. The second-order valence-corrected chi connectivity index (χ2v) is 12.2. The first-order valence-electron chi connectivity index (χ1n) is 15.8. The first kappa shape index (κ1) is 33.3. The number of allylic oxidation sites excluding steroid dienone is 4. The van der Waals surface area contributed by atoms with E-state index in [4.69, 9.17) is 9.47 Å². The summed E-state index contributed by atoms with van der Waals surface area (Å²) in [6.07, 6.45) is 5.34. The summed E-state index contributed by atoms with van der Waals surface area (Å²) < 4.78 is 11.2. The fraction of sp³-hybridized carbons (Fsp3) is 0.500. The van der Waals surface area contributed by atoms with Crippen LogP contribution in [0.4, 0.5) is 5.69 Å². The van der Waals surface area contributed by atoms with E-state index in [0.717, 1.165) is 110 Å². The molecule has 2 saturated heterocycles. The maximum absolute atomic E-state index is 13.9. The molecule has 0 aromatic heterocycles. The molecule has 2 aromatic carbocycles. The van der Waals surface area contributed by atoms with Gasteiger partial charge in [-0.2, -0.15) is 0 Å². The van der Waals surface area contributed by atoms with E-state index in [1.807, 2.05) is 13.8 Å². The highest BCUT2D eigenvalue weighted by Gasteiger charge is 2.26. The Bertz CT molecular complexity index is 1350. The fourth-order valence-corrected chi connectivity index (χ4v) is 6.81. The number of nitrogens with one attached hydrogen (secondary N) is 1. The Hall–Kier alpha value is -2.58. The predicted molar refractivity (Wildman–Crippen MR) is 168 cm³/mol. The number of benzene rings is 2. The number of quaternary nitrogens is 1. The third-order valence-corrected chi connectivity index (χ3v) is 9.22. The lowest BCUT2D eigenvalue weighted by molar-refractivity contribution is -0.921. The number of carbonyl (C=O) groups is 2. The second kappa shape index (κ2) is 15.4. The number of ether oxygens (including phenoxy) is 2. The molecule has 232 valence electrons. The van der Waals surface area contributed by atoms with Crippen molar-refractivity contribution in [1.82, 2.24) is 0 Å². The number of nitrogens with zero attached hydrogens (tertiary/aromatic N) is 1. The van der Waals surface area contributed by atoms with E-state index in [-0.39, 0.29) is 28.5 Å². The second-order valence-electron chi connectivity index (χ2n) is 12.2. The fourth-order valence-electron chi connectivity index (χ4n) is 6.81. The van der Waals surface area contributed by atoms with Crippen molar-refractivity contribution in [3.63, 3.8) is 0 Å². The van der Waals surface area contributed by atoms with Crippen LogP contribution in [0.25, 0.3) is 11.1 Å². The smallest absolute Gasteiger partial charge is 0.163 e. The highest BCUT2D eigenvalue weighted by molar-refractivity contribution is 6.03. The topological polar surface area (TPSA) is 60.3 Å². The molecule has 0 radical (unpaired) electrons. The lowest BCUT2D eigenvalue weighted by Crippen LogP contribution is -3.12. The maximum Gasteiger partial charge on any atom is 0.163 e. The molecular weight excluding hydrogens is 604 g/mol. The lowest BCUT2D eigenvalue weighted by atomic mass is 9.87. The summed E-state index contributed by atoms with van der Waals surface area (Å²) in [5.74, 6) is 0.257. The van der Waals surface area contributed by atoms with Gasteiger partial charge in [-0.1, -0.05) is 35.9 Å². The highest BCUT2D eigenvalue weighted by atomic mass is 79.9. The molecule has 0 spiro atoms. The van der Waals surface area contributed by atoms with Gasteiger partial charge in [0.2, 0.25) is 0 Å². The molecule has 2 aliphatic heterocycles. The Morgan fingerprint density at radius 1 is 0.953 bits per heavy atom. The molecular formula is C36H47BrN2O4. The van der Waals surface area contributed by atoms with Crippen LogP contribution in [0, 0.1) is 6.92 Å². The molecule has 5 rings (SSSR count). The van der Waals surface area contributed by atoms with Crippen LogP contribution < -0.4 is 26.8 Å². The van der Waals surface area contributed by atoms with Gasteiger partial charge >= 0.3 is 0 Å². The summed E-state index contributed by atoms with van der Waals surface area (Å²) >= 11 is 0. The van der Waals surface area contributed by atoms with Gasteiger partial charge in [0.05, 0.1) is 13.2 Å². The number of Topliss-reactive ketones (excluding diaryl/α,β-unsaturated/α-hetero) is 2. The zero-order valence-corrected chi connectivity index (χ0v) is 27.9. The van der Waals surface area contributed by atoms with Crippen LogP contribution in [-0.2, 0) is 20.8 Å². The van der Waals surface area contributed by atoms with E-state index in [2.05, 4.69) is 61.2 Å². The van der Waals surface area contributed by atoms with Crippen molar-refractivity contribution in [2.75, 3.05) is 51.0 Å². The number of carbonyl (C=O) groups excluding carboxylic acids is 2. The normalized spacial score (nSPS) is 18.3. The average Bonchev–Trinajstić information content (AvgIpc) is 2.99. The number of hydrogen-bond donors (Lipinski definition) is 1. The molecule has 7 heteroatoms. The van der Waals surface area contributed by atoms with Crippen molar-refractivity contribution in [2.24, 2.45) is 0 Å². The third-order valence-electron chi connectivity index (χ3n) is 9.22. The molecule has 0 atom stereocenters. The molecule has 0 saturated carbocycles. The number of morpholine rings is 1. The molecule has 6 nitrogen and oxygen atoms in total. The standard InChI is InChI=1S/C36H46N2O4.BrH/c1-5-38(31-12-16-41-17-13-31)34-23-30(29-8-6-28(7-9-29)24-37-14-18-42-19-15-37)22-33(27(34)4)35(39)11-10-32-26(3)20-25(2)21-36(32)40;/h6-9,20,22-23,31H,5,10-19,21,24H2,1-4H3;1H. The van der Waals surface area contributed by atoms with Gasteiger partial charge in [-0.3, -0.25) is 9.59 Å². The number of anilines is 1. The molecule has 1 N–H and O–H groups in total. The minimum absolute atomic E-state index is 0. The van der Waals surface area contributed by atoms with Gasteiger partial charge in [-0.15, -0.1) is 0 Å². The monoisotopic (exact) mass is 650 g/mol. The number of hydrogen-bond acceptors (Lipinski definition) is 5. The number of ketones is 2. The van der Waals surface area contributed by atoms with Gasteiger partial charge in [0.25, 0.3) is 0 Å². The number of rotatable bonds is 10. The van der Waals surface area contributed by atoms with Gasteiger partial charge < -0.3 is 36.3 Å². The van der Waals surface area contributed by atoms with Crippen molar-refractivity contribution in [1.29, 1.82) is 0 Å². The Morgan fingerprint density at radius 3 is 2.28 bits per heavy atom. The van der Waals surface area contributed by atoms with Crippen LogP contribution >= 0.6 is 0 Å². The van der Waals surface area contributed by atoms with E-state index < -0.39 is 0 Å². The van der Waals surface area contributed by atoms with Crippen molar-refractivity contribution in [3.05, 3.63) is 75.9 Å². The van der Waals surface area contributed by atoms with Gasteiger partial charge in [0.1, 0.15) is 19.6 Å². The Morgan fingerprint density at radius 2 is 1.63 bits per heavy atom. The molecule has 2 heterocycles. The quantitative estimate of drug-likeness (QED) is 0.400. The maximum atomic E-state index is 13.9. The van der Waals surface area contributed by atoms with Crippen LogP contribution in [0.5, 0.6) is 0 Å². The summed E-state index contributed by atoms with van der Waals surface area (Å²) in [7, 11) is 0. The average molecular weight is 652 g/mol. The van der Waals surface area contributed by atoms with Gasteiger partial charge in [0, 0.05) is 55.5 Å². The summed E-state index contributed by atoms with van der Waals surface area (Å²) in [5.41, 5.74) is 9.33. The van der Waals surface area contributed by atoms with Crippen LogP contribution in [0.15, 0.2) is 59.2 Å². The molecule has 1 aliphatic carbocycles. The van der Waals surface area contributed by atoms with Crippen molar-refractivity contribution >= 4 is 17.3 Å². The molecule has 0 amide bonds. The van der Waals surface area contributed by atoms with E-state index in [0.29, 0.717) is 25.3 Å². The van der Waals surface area contributed by atoms with Gasteiger partial charge in [-0.05, 0) is 86.9 Å². The molecule has 2 fully saturated rings. The predicted octanol–water partition coefficient (Wildman–Crippen LogP) is 2.28. The highest BCUT2D eigenvalue weighted by Crippen LogP contribution is 2.35. The first-order chi connectivity index (χ1) is 20.3. The third kappa shape index (κ3) is 8.13. The van der Waals surface area contributed by atoms with Crippen molar-refractivity contribution < 1.29 is 40.9 Å². The van der Waals surface area contributed by atoms with Gasteiger partial charge in [0.15, 0.2) is 11.6 Å². The largest absolute Gasteiger partial charge is 1.00 e. The van der Waals surface area contributed by atoms with Crippen LogP contribution in [0.2, 0.25) is 0 Å². The molecule has 0 bridgehead atoms. The van der Waals surface area contributed by atoms with Crippen LogP contribution in [0.3, 0.4) is 0 Å². The minimum atomic E-state index is 0. The Labute approximate surface area is 267 Å². The number of halogens is 1. The van der Waals surface area contributed by atoms with Crippen LogP contribution in [-0.4, -0.2) is 63.7 Å². The zero-order valence-electron chi connectivity index (χ0n) is 26.3. The first-order valence-corrected chi connectivity index (χ1v) is 15.8. The summed E-state index contributed by atoms with van der Waals surface area (Å²) in [6.45, 7) is 15.4. The Kier molecular flexibility index (Phi) is 12.0. The summed E-state index contributed by atoms with van der Waals surface area (Å²) in [6, 6.07) is 13.6. The lowest BCUT2D eigenvalue weighted by Gasteiger charge is -2.37. The minimum Gasteiger partial charge on any atom is -1.00 e. The Balaban J connectivity index is 0.00000423. The van der Waals surface area contributed by atoms with E-state index in [1.165, 1.54) is 5.56 Å². The zero-order chi connectivity index (χ0) is 29.6. The van der Waals surface area contributed by atoms with Crippen molar-refractivity contribution in [3.8, 4) is 11.1 Å². The van der Waals surface area contributed by atoms with E-state index in [1.54, 1.807) is 4.90 Å². The SMILES string of the molecule is CCN(c1cc(-c2ccc(C[NH+]3CCOCC3)cc2)cc(C(=O)CCC2=C(C)C=C(C)CC2=O)c1C)C1CCOCC1.[Br-]. The summed E-state index contributed by atoms with van der Waals surface area (Å²) in [4.78, 5) is 30.7. The molecule has 43 heavy (non-hydrogen) atoms. The molecule has 3 aliphatic rings. The molecule has 0 unspecified atom stereocenters. The van der Waals surface area contributed by atoms with Crippen LogP contribution in [0.1, 0.15) is 74.4 Å². The van der Waals surface area contributed by atoms with Crippen molar-refractivity contribution in [2.45, 2.75) is 72.4 Å². The van der Waals surface area contributed by atoms with E-state index in [9.17, 15) is 9.59 Å².